The van der Waals surface area contributed by atoms with Gasteiger partial charge in [-0.2, -0.15) is 13.2 Å². The number of halogens is 3. The number of carbonyl (C=O) groups excluding carboxylic acids is 1. The molecule has 146 valence electrons. The van der Waals surface area contributed by atoms with Crippen molar-refractivity contribution in [2.45, 2.75) is 19.6 Å². The van der Waals surface area contributed by atoms with Crippen molar-refractivity contribution < 1.29 is 22.7 Å². The van der Waals surface area contributed by atoms with E-state index in [4.69, 9.17) is 4.74 Å². The number of alkyl halides is 3. The summed E-state index contributed by atoms with van der Waals surface area (Å²) in [5.74, 6) is -0.204. The lowest BCUT2D eigenvalue weighted by Gasteiger charge is -2.11. The maximum absolute atomic E-state index is 12.8. The largest absolute Gasteiger partial charge is 0.495 e. The number of ether oxygens (including phenoxy) is 1. The maximum atomic E-state index is 12.8. The second-order valence-electron chi connectivity index (χ2n) is 6.26. The minimum absolute atomic E-state index is 0.00613. The van der Waals surface area contributed by atoms with Crippen LogP contribution in [-0.2, 0) is 12.7 Å². The van der Waals surface area contributed by atoms with Crippen molar-refractivity contribution in [1.82, 2.24) is 10.3 Å². The average Bonchev–Trinajstić information content (AvgIpc) is 2.65. The van der Waals surface area contributed by atoms with Gasteiger partial charge in [-0.1, -0.05) is 18.2 Å². The molecule has 0 atom stereocenters. The molecule has 0 saturated carbocycles. The molecule has 3 rings (SSSR count). The highest BCUT2D eigenvalue weighted by Crippen LogP contribution is 2.29. The summed E-state index contributed by atoms with van der Waals surface area (Å²) in [5.41, 5.74) is 0.258. The Kier molecular flexibility index (Phi) is 5.13. The van der Waals surface area contributed by atoms with Gasteiger partial charge in [-0.05, 0) is 36.2 Å². The van der Waals surface area contributed by atoms with Gasteiger partial charge in [0.15, 0.2) is 5.43 Å². The van der Waals surface area contributed by atoms with Gasteiger partial charge in [-0.3, -0.25) is 9.59 Å². The Bertz CT molecular complexity index is 1100. The van der Waals surface area contributed by atoms with E-state index in [1.165, 1.54) is 19.2 Å². The normalized spacial score (nSPS) is 11.5. The van der Waals surface area contributed by atoms with Crippen LogP contribution in [0.2, 0.25) is 0 Å². The molecule has 0 saturated heterocycles. The van der Waals surface area contributed by atoms with E-state index < -0.39 is 17.6 Å². The van der Waals surface area contributed by atoms with Gasteiger partial charge in [0.25, 0.3) is 5.91 Å². The number of aromatic amines is 1. The predicted molar refractivity (Wildman–Crippen MR) is 98.5 cm³/mol. The predicted octanol–water partition coefficient (Wildman–Crippen LogP) is 3.79. The Morgan fingerprint density at radius 3 is 2.61 bits per heavy atom. The quantitative estimate of drug-likeness (QED) is 0.712. The average molecular weight is 390 g/mol. The number of carbonyl (C=O) groups is 1. The highest BCUT2D eigenvalue weighted by Gasteiger charge is 2.30. The van der Waals surface area contributed by atoms with Gasteiger partial charge in [-0.25, -0.2) is 0 Å². The number of rotatable bonds is 4. The lowest BCUT2D eigenvalue weighted by atomic mass is 10.1. The fourth-order valence-corrected chi connectivity index (χ4v) is 2.93. The second kappa shape index (κ2) is 7.38. The third-order valence-corrected chi connectivity index (χ3v) is 4.33. The van der Waals surface area contributed by atoms with E-state index in [2.05, 4.69) is 10.3 Å². The van der Waals surface area contributed by atoms with E-state index in [0.717, 1.165) is 23.8 Å². The summed E-state index contributed by atoms with van der Waals surface area (Å²) in [7, 11) is 1.45. The van der Waals surface area contributed by atoms with E-state index in [1.807, 2.05) is 0 Å². The number of methoxy groups -OCH3 is 1. The highest BCUT2D eigenvalue weighted by atomic mass is 19.4. The number of nitrogens with one attached hydrogen (secondary N) is 2. The Morgan fingerprint density at radius 1 is 1.18 bits per heavy atom. The summed E-state index contributed by atoms with van der Waals surface area (Å²) in [6, 6.07) is 9.26. The molecule has 1 amide bonds. The highest BCUT2D eigenvalue weighted by molar-refractivity contribution is 5.96. The molecule has 0 spiro atoms. The van der Waals surface area contributed by atoms with E-state index >= 15 is 0 Å². The summed E-state index contributed by atoms with van der Waals surface area (Å²) in [6.45, 7) is 1.65. The van der Waals surface area contributed by atoms with Gasteiger partial charge in [0.2, 0.25) is 0 Å². The number of fused-ring (bicyclic) bond motifs is 1. The van der Waals surface area contributed by atoms with Crippen LogP contribution >= 0.6 is 0 Å². The number of hydrogen-bond donors (Lipinski definition) is 2. The van der Waals surface area contributed by atoms with Gasteiger partial charge < -0.3 is 15.0 Å². The first-order valence-corrected chi connectivity index (χ1v) is 8.35. The second-order valence-corrected chi connectivity index (χ2v) is 6.26. The lowest BCUT2D eigenvalue weighted by Crippen LogP contribution is -2.25. The third kappa shape index (κ3) is 3.85. The summed E-state index contributed by atoms with van der Waals surface area (Å²) < 4.78 is 43.6. The molecule has 0 fully saturated rings. The molecule has 0 radical (unpaired) electrons. The molecule has 0 bridgehead atoms. The SMILES string of the molecule is COc1ccc(C)c2c(=O)cc(C(=O)NCc3cccc(C(F)(F)F)c3)[nH]c12. The zero-order valence-corrected chi connectivity index (χ0v) is 15.1. The topological polar surface area (TPSA) is 71.2 Å². The van der Waals surface area contributed by atoms with E-state index in [-0.39, 0.29) is 17.7 Å². The van der Waals surface area contributed by atoms with Crippen LogP contribution in [0.4, 0.5) is 13.2 Å². The van der Waals surface area contributed by atoms with Crippen LogP contribution in [0.25, 0.3) is 10.9 Å². The van der Waals surface area contributed by atoms with E-state index in [1.54, 1.807) is 19.1 Å². The standard InChI is InChI=1S/C20H17F3N2O3/c1-11-6-7-16(28-2)18-17(11)15(26)9-14(25-18)19(27)24-10-12-4-3-5-13(8-12)20(21,22)23/h3-9H,10H2,1-2H3,(H,24,27)(H,25,26). The lowest BCUT2D eigenvalue weighted by molar-refractivity contribution is -0.137. The molecular weight excluding hydrogens is 373 g/mol. The monoisotopic (exact) mass is 390 g/mol. The number of pyridine rings is 1. The van der Waals surface area contributed by atoms with E-state index in [0.29, 0.717) is 22.2 Å². The zero-order chi connectivity index (χ0) is 20.5. The zero-order valence-electron chi connectivity index (χ0n) is 15.1. The summed E-state index contributed by atoms with van der Waals surface area (Å²) in [5, 5.41) is 2.93. The van der Waals surface area contributed by atoms with Crippen molar-refractivity contribution in [3.05, 3.63) is 75.1 Å². The number of aromatic nitrogens is 1. The van der Waals surface area contributed by atoms with Crippen LogP contribution in [0.3, 0.4) is 0 Å². The Labute approximate surface area is 158 Å². The van der Waals surface area contributed by atoms with Crippen LogP contribution in [-0.4, -0.2) is 18.0 Å². The molecule has 0 unspecified atom stereocenters. The Morgan fingerprint density at radius 2 is 1.93 bits per heavy atom. The molecule has 28 heavy (non-hydrogen) atoms. The number of amides is 1. The first kappa shape index (κ1) is 19.5. The molecule has 2 aromatic carbocycles. The number of aryl methyl sites for hydroxylation is 1. The smallest absolute Gasteiger partial charge is 0.416 e. The Hall–Kier alpha value is -3.29. The molecule has 8 heteroatoms. The Balaban J connectivity index is 1.88. The first-order valence-electron chi connectivity index (χ1n) is 8.35. The van der Waals surface area contributed by atoms with Crippen molar-refractivity contribution in [3.63, 3.8) is 0 Å². The minimum atomic E-state index is -4.46. The third-order valence-electron chi connectivity index (χ3n) is 4.33. The number of benzene rings is 2. The summed E-state index contributed by atoms with van der Waals surface area (Å²) in [4.78, 5) is 27.8. The molecule has 0 aliphatic rings. The first-order chi connectivity index (χ1) is 13.2. The molecule has 1 aromatic heterocycles. The van der Waals surface area contributed by atoms with Gasteiger partial charge in [0, 0.05) is 12.6 Å². The number of H-pyrrole nitrogens is 1. The molecular formula is C20H17F3N2O3. The van der Waals surface area contributed by atoms with Gasteiger partial charge in [0.1, 0.15) is 11.4 Å². The number of hydrogen-bond acceptors (Lipinski definition) is 3. The van der Waals surface area contributed by atoms with Crippen molar-refractivity contribution >= 4 is 16.8 Å². The maximum Gasteiger partial charge on any atom is 0.416 e. The van der Waals surface area contributed by atoms with Crippen LogP contribution in [0, 0.1) is 6.92 Å². The van der Waals surface area contributed by atoms with Crippen LogP contribution in [0.1, 0.15) is 27.2 Å². The fourth-order valence-electron chi connectivity index (χ4n) is 2.93. The molecule has 1 heterocycles. The van der Waals surface area contributed by atoms with Gasteiger partial charge in [0.05, 0.1) is 23.6 Å². The van der Waals surface area contributed by atoms with Gasteiger partial charge in [-0.15, -0.1) is 0 Å². The summed E-state index contributed by atoms with van der Waals surface area (Å²) >= 11 is 0. The molecule has 3 aromatic rings. The van der Waals surface area contributed by atoms with Crippen LogP contribution < -0.4 is 15.5 Å². The molecule has 0 aliphatic heterocycles. The van der Waals surface area contributed by atoms with Crippen LogP contribution in [0.5, 0.6) is 5.75 Å². The molecule has 5 nitrogen and oxygen atoms in total. The van der Waals surface area contributed by atoms with Crippen molar-refractivity contribution in [2.24, 2.45) is 0 Å². The van der Waals surface area contributed by atoms with Crippen molar-refractivity contribution in [2.75, 3.05) is 7.11 Å². The van der Waals surface area contributed by atoms with Crippen LogP contribution in [0.15, 0.2) is 47.3 Å². The van der Waals surface area contributed by atoms with E-state index in [9.17, 15) is 22.8 Å². The van der Waals surface area contributed by atoms with Gasteiger partial charge >= 0.3 is 6.18 Å². The minimum Gasteiger partial charge on any atom is -0.495 e. The van der Waals surface area contributed by atoms with Crippen molar-refractivity contribution in [3.8, 4) is 5.75 Å². The molecule has 0 aliphatic carbocycles. The molecule has 2 N–H and O–H groups in total. The fraction of sp³-hybridized carbons (Fsp3) is 0.200. The summed E-state index contributed by atoms with van der Waals surface area (Å²) in [6.07, 6.45) is -4.46. The van der Waals surface area contributed by atoms with Crippen molar-refractivity contribution in [1.29, 1.82) is 0 Å².